The summed E-state index contributed by atoms with van der Waals surface area (Å²) < 4.78 is 24.8. The molecule has 12 heteroatoms. The van der Waals surface area contributed by atoms with Gasteiger partial charge in [0, 0.05) is 78.8 Å². The molecule has 4 fully saturated rings. The number of fused-ring (bicyclic) bond motifs is 1. The lowest BCUT2D eigenvalue weighted by molar-refractivity contribution is 0.0307. The van der Waals surface area contributed by atoms with Gasteiger partial charge in [-0.25, -0.2) is 19.2 Å². The monoisotopic (exact) mass is 917 g/mol. The third-order valence-electron chi connectivity index (χ3n) is 18.8. The number of rotatable bonds is 12. The van der Waals surface area contributed by atoms with Crippen LogP contribution in [0.1, 0.15) is 178 Å². The summed E-state index contributed by atoms with van der Waals surface area (Å²) in [7, 11) is 8.38. The molecule has 2 aromatic carbocycles. The maximum Gasteiger partial charge on any atom is 0.338 e. The van der Waals surface area contributed by atoms with Crippen molar-refractivity contribution in [1.82, 2.24) is 19.6 Å². The zero-order valence-electron chi connectivity index (χ0n) is 44.3. The van der Waals surface area contributed by atoms with Crippen molar-refractivity contribution in [3.8, 4) is 0 Å². The van der Waals surface area contributed by atoms with Gasteiger partial charge in [0.25, 0.3) is 0 Å². The summed E-state index contributed by atoms with van der Waals surface area (Å²) in [5.74, 6) is -2.61. The van der Waals surface area contributed by atoms with Crippen molar-refractivity contribution < 1.29 is 38.1 Å². The molecule has 4 saturated heterocycles. The highest BCUT2D eigenvalue weighted by Crippen LogP contribution is 2.47. The molecule has 4 aliphatic heterocycles. The zero-order chi connectivity index (χ0) is 49.7. The first-order chi connectivity index (χ1) is 30.0. The van der Waals surface area contributed by atoms with E-state index in [2.05, 4.69) is 159 Å². The molecule has 66 heavy (non-hydrogen) atoms. The average Bonchev–Trinajstić information content (AvgIpc) is 3.64. The lowest BCUT2D eigenvalue weighted by Gasteiger charge is -2.38. The molecule has 4 aliphatic rings. The summed E-state index contributed by atoms with van der Waals surface area (Å²) in [6, 6.07) is 6.09. The van der Waals surface area contributed by atoms with Crippen LogP contribution in [0.15, 0.2) is 24.3 Å². The number of esters is 4. The Balaban J connectivity index is 1.45. The molecule has 0 aliphatic carbocycles. The first-order valence-corrected chi connectivity index (χ1v) is 24.3. The number of hydrogen-bond donors (Lipinski definition) is 0. The molecule has 12 nitrogen and oxygen atoms in total. The lowest BCUT2D eigenvalue weighted by Crippen LogP contribution is -2.47. The third kappa shape index (κ3) is 8.95. The SMILES string of the molecule is CN1C(C)(C)CC(COC(=O)c2ccc(C(=O)OCC3CC(C)(C)N(C)C3(C)C)c3c(C(=O)OCC4CC(C)(C)N(C)C4(C)C)ccc(C(=O)OCC4CC(C)(C)N(C)C4(C)C)c23)C1(C)C. The number of nitrogens with zero attached hydrogens (tertiary/aromatic N) is 4. The smallest absolute Gasteiger partial charge is 0.338 e. The normalized spacial score (nSPS) is 28.4. The first-order valence-electron chi connectivity index (χ1n) is 24.3. The molecule has 4 unspecified atom stereocenters. The topological polar surface area (TPSA) is 118 Å². The fourth-order valence-electron chi connectivity index (χ4n) is 12.4. The van der Waals surface area contributed by atoms with Crippen LogP contribution in [0.4, 0.5) is 0 Å². The molecule has 4 heterocycles. The van der Waals surface area contributed by atoms with Crippen molar-refractivity contribution >= 4 is 34.6 Å². The second-order valence-electron chi connectivity index (χ2n) is 25.2. The van der Waals surface area contributed by atoms with Gasteiger partial charge in [0.05, 0.1) is 48.7 Å². The van der Waals surface area contributed by atoms with E-state index in [0.717, 1.165) is 25.7 Å². The van der Waals surface area contributed by atoms with Gasteiger partial charge in [-0.05, 0) is 189 Å². The second kappa shape index (κ2) is 17.1. The van der Waals surface area contributed by atoms with Crippen LogP contribution in [0.3, 0.4) is 0 Å². The fraction of sp³-hybridized carbons (Fsp3) is 0.741. The minimum Gasteiger partial charge on any atom is -0.462 e. The predicted molar refractivity (Wildman–Crippen MR) is 261 cm³/mol. The summed E-state index contributed by atoms with van der Waals surface area (Å²) >= 11 is 0. The van der Waals surface area contributed by atoms with Gasteiger partial charge < -0.3 is 18.9 Å². The first kappa shape index (κ1) is 51.8. The molecule has 0 amide bonds. The van der Waals surface area contributed by atoms with E-state index in [4.69, 9.17) is 18.9 Å². The van der Waals surface area contributed by atoms with E-state index in [1.807, 2.05) is 0 Å². The van der Waals surface area contributed by atoms with Crippen molar-refractivity contribution in [2.75, 3.05) is 54.6 Å². The quantitative estimate of drug-likeness (QED) is 0.149. The third-order valence-corrected chi connectivity index (χ3v) is 18.8. The van der Waals surface area contributed by atoms with Crippen LogP contribution < -0.4 is 0 Å². The number of likely N-dealkylation sites (tertiary alicyclic amines) is 4. The fourth-order valence-corrected chi connectivity index (χ4v) is 12.4. The largest absolute Gasteiger partial charge is 0.462 e. The second-order valence-corrected chi connectivity index (χ2v) is 25.2. The van der Waals surface area contributed by atoms with Gasteiger partial charge in [-0.1, -0.05) is 0 Å². The highest BCUT2D eigenvalue weighted by Gasteiger charge is 2.53. The maximum absolute atomic E-state index is 14.7. The predicted octanol–water partition coefficient (Wildman–Crippen LogP) is 9.50. The van der Waals surface area contributed by atoms with Crippen LogP contribution >= 0.6 is 0 Å². The van der Waals surface area contributed by atoms with Crippen molar-refractivity contribution in [3.63, 3.8) is 0 Å². The van der Waals surface area contributed by atoms with Gasteiger partial charge in [0.15, 0.2) is 0 Å². The van der Waals surface area contributed by atoms with Gasteiger partial charge in [-0.3, -0.25) is 19.6 Å². The summed E-state index contributed by atoms with van der Waals surface area (Å²) in [5, 5.41) is 0.202. The maximum atomic E-state index is 14.7. The Morgan fingerprint density at radius 3 is 0.682 bits per heavy atom. The van der Waals surface area contributed by atoms with Crippen molar-refractivity contribution in [2.24, 2.45) is 23.7 Å². The average molecular weight is 917 g/mol. The van der Waals surface area contributed by atoms with Gasteiger partial charge in [-0.2, -0.15) is 0 Å². The van der Waals surface area contributed by atoms with Crippen LogP contribution in [0, 0.1) is 23.7 Å². The molecule has 0 bridgehead atoms. The standard InChI is InChI=1S/C54H84N4O8/c1-47(2)25-33(51(9,10)55(47)17)29-63-43(59)37-21-22-39(45(61)65-31-35-27-49(5,6)57(19)53(35,13)14)42-40(46(62)66-32-36-28-50(7,8)58(20)54(36,15)16)24-23-38(41(37)42)44(60)64-30-34-26-48(3,4)56(18)52(34,11)12/h21-24,33-36H,25-32H2,1-20H3. The molecule has 6 rings (SSSR count). The molecule has 0 saturated carbocycles. The van der Waals surface area contributed by atoms with Gasteiger partial charge in [0.1, 0.15) is 0 Å². The minimum absolute atomic E-state index is 0.0156. The van der Waals surface area contributed by atoms with E-state index < -0.39 is 23.9 Å². The van der Waals surface area contributed by atoms with Crippen LogP contribution in [0.2, 0.25) is 0 Å². The number of ether oxygens (including phenoxy) is 4. The van der Waals surface area contributed by atoms with Crippen LogP contribution in [0.5, 0.6) is 0 Å². The van der Waals surface area contributed by atoms with Crippen LogP contribution in [-0.4, -0.2) is 142 Å². The minimum atomic E-state index is -0.668. The van der Waals surface area contributed by atoms with Gasteiger partial charge >= 0.3 is 23.9 Å². The number of hydrogen-bond acceptors (Lipinski definition) is 12. The van der Waals surface area contributed by atoms with E-state index in [1.54, 1.807) is 0 Å². The Kier molecular flexibility index (Phi) is 13.4. The molecule has 368 valence electrons. The molecular formula is C54H84N4O8. The Morgan fingerprint density at radius 1 is 0.379 bits per heavy atom. The molecular weight excluding hydrogens is 833 g/mol. The summed E-state index contributed by atoms with van der Waals surface area (Å²) in [5.41, 5.74) is -1.32. The van der Waals surface area contributed by atoms with E-state index in [1.165, 1.54) is 24.3 Å². The van der Waals surface area contributed by atoms with E-state index in [9.17, 15) is 19.2 Å². The number of benzene rings is 2. The molecule has 2 aromatic rings. The van der Waals surface area contributed by atoms with Gasteiger partial charge in [0.2, 0.25) is 0 Å². The Bertz CT molecular complexity index is 1930. The zero-order valence-corrected chi connectivity index (χ0v) is 44.3. The number of carbonyl (C=O) groups is 4. The Labute approximate surface area is 396 Å². The Morgan fingerprint density at radius 2 is 0.545 bits per heavy atom. The van der Waals surface area contributed by atoms with E-state index in [0.29, 0.717) is 0 Å². The van der Waals surface area contributed by atoms with Crippen LogP contribution in [0.25, 0.3) is 10.8 Å². The molecule has 0 aromatic heterocycles. The highest BCUT2D eigenvalue weighted by molar-refractivity contribution is 6.22. The number of carbonyl (C=O) groups excluding carboxylic acids is 4. The van der Waals surface area contributed by atoms with Crippen molar-refractivity contribution in [2.45, 2.75) is 181 Å². The summed E-state index contributed by atoms with van der Waals surface area (Å²) in [6.45, 7) is 35.3. The van der Waals surface area contributed by atoms with Crippen molar-refractivity contribution in [1.29, 1.82) is 0 Å². The molecule has 0 radical (unpaired) electrons. The van der Waals surface area contributed by atoms with Crippen molar-refractivity contribution in [3.05, 3.63) is 46.5 Å². The van der Waals surface area contributed by atoms with E-state index >= 15 is 0 Å². The van der Waals surface area contributed by atoms with Crippen LogP contribution in [-0.2, 0) is 18.9 Å². The molecule has 0 spiro atoms. The summed E-state index contributed by atoms with van der Waals surface area (Å²) in [4.78, 5) is 67.9. The van der Waals surface area contributed by atoms with E-state index in [-0.39, 0.29) is 127 Å². The molecule has 4 atom stereocenters. The summed E-state index contributed by atoms with van der Waals surface area (Å²) in [6.07, 6.45) is 3.23. The lowest BCUT2D eigenvalue weighted by atomic mass is 9.87. The highest BCUT2D eigenvalue weighted by atomic mass is 16.5. The molecule has 0 N–H and O–H groups in total. The van der Waals surface area contributed by atoms with Gasteiger partial charge in [-0.15, -0.1) is 0 Å². The Hall–Kier alpha value is -3.58.